The molecule has 0 fully saturated rings. The van der Waals surface area contributed by atoms with Crippen LogP contribution in [0, 0.1) is 0 Å². The van der Waals surface area contributed by atoms with Gasteiger partial charge in [-0.3, -0.25) is 0 Å². The largest absolute Gasteiger partial charge is 0.476 e. The Bertz CT molecular complexity index is 666. The first-order chi connectivity index (χ1) is 9.73. The fraction of sp³-hybridized carbons (Fsp3) is 0.438. The van der Waals surface area contributed by atoms with Crippen molar-refractivity contribution < 1.29 is 9.90 Å². The molecule has 0 aliphatic carbocycles. The molecule has 2 rings (SSSR count). The van der Waals surface area contributed by atoms with Gasteiger partial charge in [0.1, 0.15) is 0 Å². The van der Waals surface area contributed by atoms with Crippen LogP contribution in [0.5, 0.6) is 0 Å². The Morgan fingerprint density at radius 3 is 2.38 bits per heavy atom. The lowest BCUT2D eigenvalue weighted by molar-refractivity contribution is 0.0687. The van der Waals surface area contributed by atoms with E-state index in [2.05, 4.69) is 24.2 Å². The maximum atomic E-state index is 11.4. The first-order valence-corrected chi connectivity index (χ1v) is 7.02. The number of carbonyl (C=O) groups is 1. The van der Waals surface area contributed by atoms with Crippen molar-refractivity contribution in [2.45, 2.75) is 46.0 Å². The normalized spacial score (nSPS) is 11.9. The molecule has 5 heteroatoms. The molecule has 0 bridgehead atoms. The predicted octanol–water partition coefficient (Wildman–Crippen LogP) is 3.39. The minimum atomic E-state index is -1.05. The van der Waals surface area contributed by atoms with Crippen LogP contribution in [0.25, 0.3) is 5.69 Å². The number of carboxylic acids is 1. The van der Waals surface area contributed by atoms with Crippen molar-refractivity contribution in [1.29, 1.82) is 0 Å². The highest BCUT2D eigenvalue weighted by atomic mass is 16.4. The van der Waals surface area contributed by atoms with Crippen molar-refractivity contribution in [3.05, 3.63) is 41.2 Å². The summed E-state index contributed by atoms with van der Waals surface area (Å²) >= 11 is 0. The molecule has 0 amide bonds. The number of hydrogen-bond acceptors (Lipinski definition) is 3. The molecular formula is C16H21N3O2. The van der Waals surface area contributed by atoms with Crippen LogP contribution < -0.4 is 0 Å². The van der Waals surface area contributed by atoms with E-state index in [1.54, 1.807) is 4.68 Å². The third-order valence-electron chi connectivity index (χ3n) is 3.37. The minimum absolute atomic E-state index is 0.0149. The molecule has 1 aromatic heterocycles. The summed E-state index contributed by atoms with van der Waals surface area (Å²) in [5.74, 6) is -0.736. The minimum Gasteiger partial charge on any atom is -0.476 e. The third kappa shape index (κ3) is 2.82. The molecule has 0 unspecified atom stereocenters. The number of nitrogens with zero attached hydrogens (tertiary/aromatic N) is 3. The number of hydrogen-bond donors (Lipinski definition) is 1. The van der Waals surface area contributed by atoms with Gasteiger partial charge in [0.2, 0.25) is 0 Å². The molecule has 0 aliphatic heterocycles. The lowest BCUT2D eigenvalue weighted by Gasteiger charge is -2.22. The van der Waals surface area contributed by atoms with E-state index < -0.39 is 5.97 Å². The number of aromatic nitrogens is 3. The Balaban J connectivity index is 2.74. The number of benzene rings is 1. The monoisotopic (exact) mass is 287 g/mol. The topological polar surface area (TPSA) is 68.0 Å². The lowest BCUT2D eigenvalue weighted by atomic mass is 9.89. The maximum absolute atomic E-state index is 11.4. The quantitative estimate of drug-likeness (QED) is 0.939. The summed E-state index contributed by atoms with van der Waals surface area (Å²) in [6.07, 6.45) is 0. The van der Waals surface area contributed by atoms with E-state index in [0.717, 1.165) is 11.3 Å². The first kappa shape index (κ1) is 15.2. The van der Waals surface area contributed by atoms with Crippen LogP contribution in [0.4, 0.5) is 0 Å². The molecule has 21 heavy (non-hydrogen) atoms. The van der Waals surface area contributed by atoms with Crippen LogP contribution in [0.15, 0.2) is 24.3 Å². The Labute approximate surface area is 124 Å². The standard InChI is InChI=1S/C16H21N3O2/c1-10(2)11-8-6-7-9-12(11)19-14(16(3,4)5)13(15(20)21)17-18-19/h6-10H,1-5H3,(H,20,21). The van der Waals surface area contributed by atoms with E-state index in [0.29, 0.717) is 11.6 Å². The van der Waals surface area contributed by atoms with Crippen LogP contribution in [0.3, 0.4) is 0 Å². The lowest BCUT2D eigenvalue weighted by Crippen LogP contribution is -2.21. The van der Waals surface area contributed by atoms with Gasteiger partial charge < -0.3 is 5.11 Å². The van der Waals surface area contributed by atoms with Gasteiger partial charge in [-0.25, -0.2) is 9.48 Å². The SMILES string of the molecule is CC(C)c1ccccc1-n1nnc(C(=O)O)c1C(C)(C)C. The Morgan fingerprint density at radius 1 is 1.24 bits per heavy atom. The van der Waals surface area contributed by atoms with Gasteiger partial charge in [0.25, 0.3) is 0 Å². The summed E-state index contributed by atoms with van der Waals surface area (Å²) in [6.45, 7) is 10.1. The fourth-order valence-electron chi connectivity index (χ4n) is 2.44. The van der Waals surface area contributed by atoms with Crippen LogP contribution in [0.2, 0.25) is 0 Å². The van der Waals surface area contributed by atoms with Gasteiger partial charge in [0.05, 0.1) is 11.4 Å². The van der Waals surface area contributed by atoms with Crippen molar-refractivity contribution in [1.82, 2.24) is 15.0 Å². The average Bonchev–Trinajstić information content (AvgIpc) is 2.83. The summed E-state index contributed by atoms with van der Waals surface area (Å²) in [5.41, 5.74) is 2.26. The van der Waals surface area contributed by atoms with Gasteiger partial charge in [0, 0.05) is 5.41 Å². The van der Waals surface area contributed by atoms with Crippen molar-refractivity contribution in [3.8, 4) is 5.69 Å². The molecule has 0 atom stereocenters. The smallest absolute Gasteiger partial charge is 0.358 e. The molecular weight excluding hydrogens is 266 g/mol. The van der Waals surface area contributed by atoms with E-state index in [9.17, 15) is 9.90 Å². The highest BCUT2D eigenvalue weighted by Gasteiger charge is 2.30. The number of rotatable bonds is 3. The maximum Gasteiger partial charge on any atom is 0.358 e. The third-order valence-corrected chi connectivity index (χ3v) is 3.37. The molecule has 2 aromatic rings. The van der Waals surface area contributed by atoms with E-state index in [4.69, 9.17) is 0 Å². The van der Waals surface area contributed by atoms with Crippen molar-refractivity contribution in [2.75, 3.05) is 0 Å². The number of carboxylic acid groups (broad SMARTS) is 1. The average molecular weight is 287 g/mol. The van der Waals surface area contributed by atoms with Crippen molar-refractivity contribution >= 4 is 5.97 Å². The van der Waals surface area contributed by atoms with E-state index in [1.165, 1.54) is 0 Å². The molecule has 0 spiro atoms. The highest BCUT2D eigenvalue weighted by Crippen LogP contribution is 2.30. The molecule has 112 valence electrons. The highest BCUT2D eigenvalue weighted by molar-refractivity contribution is 5.87. The molecule has 0 saturated carbocycles. The summed E-state index contributed by atoms with van der Waals surface area (Å²) < 4.78 is 1.67. The van der Waals surface area contributed by atoms with Gasteiger partial charge in [-0.2, -0.15) is 0 Å². The molecule has 0 saturated heterocycles. The Morgan fingerprint density at radius 2 is 1.86 bits per heavy atom. The second-order valence-electron chi connectivity index (χ2n) is 6.47. The molecule has 1 aromatic carbocycles. The summed E-state index contributed by atoms with van der Waals surface area (Å²) in [7, 11) is 0. The van der Waals surface area contributed by atoms with Gasteiger partial charge >= 0.3 is 5.97 Å². The van der Waals surface area contributed by atoms with Crippen LogP contribution in [-0.4, -0.2) is 26.1 Å². The summed E-state index contributed by atoms with van der Waals surface area (Å²) in [6, 6.07) is 7.89. The first-order valence-electron chi connectivity index (χ1n) is 7.02. The van der Waals surface area contributed by atoms with Gasteiger partial charge in [-0.1, -0.05) is 58.0 Å². The number of para-hydroxylation sites is 1. The molecule has 5 nitrogen and oxygen atoms in total. The van der Waals surface area contributed by atoms with Crippen LogP contribution >= 0.6 is 0 Å². The van der Waals surface area contributed by atoms with Crippen LogP contribution in [-0.2, 0) is 5.41 Å². The zero-order valence-corrected chi connectivity index (χ0v) is 13.1. The Hall–Kier alpha value is -2.17. The van der Waals surface area contributed by atoms with E-state index in [-0.39, 0.29) is 11.1 Å². The second kappa shape index (κ2) is 5.31. The molecule has 0 radical (unpaired) electrons. The van der Waals surface area contributed by atoms with Gasteiger partial charge in [0.15, 0.2) is 5.69 Å². The summed E-state index contributed by atoms with van der Waals surface area (Å²) in [5, 5.41) is 17.3. The zero-order valence-electron chi connectivity index (χ0n) is 13.1. The molecule has 1 N–H and O–H groups in total. The van der Waals surface area contributed by atoms with Crippen molar-refractivity contribution in [3.63, 3.8) is 0 Å². The molecule has 1 heterocycles. The van der Waals surface area contributed by atoms with Crippen LogP contribution in [0.1, 0.15) is 62.3 Å². The number of aromatic carboxylic acids is 1. The fourth-order valence-corrected chi connectivity index (χ4v) is 2.44. The molecule has 0 aliphatic rings. The van der Waals surface area contributed by atoms with Gasteiger partial charge in [-0.15, -0.1) is 5.10 Å². The Kier molecular flexibility index (Phi) is 3.85. The van der Waals surface area contributed by atoms with Crippen molar-refractivity contribution in [2.24, 2.45) is 0 Å². The predicted molar refractivity (Wildman–Crippen MR) is 81.1 cm³/mol. The summed E-state index contributed by atoms with van der Waals surface area (Å²) in [4.78, 5) is 11.4. The van der Waals surface area contributed by atoms with E-state index in [1.807, 2.05) is 45.0 Å². The second-order valence-corrected chi connectivity index (χ2v) is 6.47. The van der Waals surface area contributed by atoms with Gasteiger partial charge in [-0.05, 0) is 17.5 Å². The van der Waals surface area contributed by atoms with E-state index >= 15 is 0 Å². The zero-order chi connectivity index (χ0) is 15.8.